The summed E-state index contributed by atoms with van der Waals surface area (Å²) in [6.45, 7) is 5.27. The summed E-state index contributed by atoms with van der Waals surface area (Å²) in [6, 6.07) is 6.43. The van der Waals surface area contributed by atoms with Crippen LogP contribution in [0.5, 0.6) is 0 Å². The lowest BCUT2D eigenvalue weighted by Gasteiger charge is -2.23. The van der Waals surface area contributed by atoms with E-state index in [1.165, 1.54) is 0 Å². The number of hydrogen-bond acceptors (Lipinski definition) is 1. The van der Waals surface area contributed by atoms with Crippen molar-refractivity contribution < 1.29 is 20.6 Å². The number of aromatic nitrogens is 2. The third-order valence-electron chi connectivity index (χ3n) is 8.99. The van der Waals surface area contributed by atoms with E-state index in [0.29, 0.717) is 12.0 Å². The van der Waals surface area contributed by atoms with Crippen molar-refractivity contribution in [2.75, 3.05) is 0 Å². The Balaban J connectivity index is 1.46. The Morgan fingerprint density at radius 3 is 1.89 bits per heavy atom. The summed E-state index contributed by atoms with van der Waals surface area (Å²) in [5.74, 6) is 0.794. The van der Waals surface area contributed by atoms with Crippen molar-refractivity contribution in [3.8, 4) is 39.1 Å². The number of aryl methyl sites for hydroxylation is 1. The number of benzene rings is 7. The van der Waals surface area contributed by atoms with Crippen LogP contribution in [0, 0.1) is 0 Å². The Kier molecular flexibility index (Phi) is 3.42. The Labute approximate surface area is 290 Å². The summed E-state index contributed by atoms with van der Waals surface area (Å²) >= 11 is 0. The second-order valence-electron chi connectivity index (χ2n) is 11.9. The van der Waals surface area contributed by atoms with E-state index in [2.05, 4.69) is 0 Å². The van der Waals surface area contributed by atoms with Gasteiger partial charge in [-0.25, -0.2) is 4.98 Å². The highest BCUT2D eigenvalue weighted by Crippen LogP contribution is 2.51. The van der Waals surface area contributed by atoms with Crippen LogP contribution in [0.25, 0.3) is 71.6 Å². The molecule has 0 radical (unpaired) electrons. The molecule has 9 rings (SSSR count). The van der Waals surface area contributed by atoms with Crippen LogP contribution in [0.2, 0.25) is 0 Å². The maximum atomic E-state index is 9.86. The molecule has 0 spiro atoms. The standard InChI is InChI=1S/C44H34N2/c1-4-41-45-39-19-11-12-20-40(39)46(41)30-24-21-28(22-25-30)42-33-14-5-7-16-35(33)43(36-17-8-6-15-34(36)42)29-23-26-32-31-13-9-10-18-37(31)44(2,3)38(32)27-29/h5-27H,4H2,1-3H3/i5D,6D,7D,8D,9D,10D,13D,14D,15D,16D,17D,18D,23D,26D,27D. The number of para-hydroxylation sites is 2. The number of rotatable bonds is 4. The minimum atomic E-state index is -1.35. The topological polar surface area (TPSA) is 17.8 Å². The third kappa shape index (κ3) is 3.80. The lowest BCUT2D eigenvalue weighted by molar-refractivity contribution is 0.660. The van der Waals surface area contributed by atoms with Gasteiger partial charge >= 0.3 is 0 Å². The predicted molar refractivity (Wildman–Crippen MR) is 194 cm³/mol. The summed E-state index contributed by atoms with van der Waals surface area (Å²) in [7, 11) is 0. The Morgan fingerprint density at radius 1 is 0.630 bits per heavy atom. The largest absolute Gasteiger partial charge is 0.296 e. The smallest absolute Gasteiger partial charge is 0.114 e. The van der Waals surface area contributed by atoms with Crippen molar-refractivity contribution in [1.29, 1.82) is 0 Å². The van der Waals surface area contributed by atoms with Crippen LogP contribution in [-0.4, -0.2) is 9.55 Å². The molecule has 0 atom stereocenters. The van der Waals surface area contributed by atoms with Crippen LogP contribution in [0.1, 0.15) is 58.3 Å². The highest BCUT2D eigenvalue weighted by atomic mass is 15.1. The number of nitrogens with zero attached hydrogens (tertiary/aromatic N) is 2. The normalized spacial score (nSPS) is 17.9. The van der Waals surface area contributed by atoms with Crippen molar-refractivity contribution in [3.05, 3.63) is 156 Å². The fourth-order valence-electron chi connectivity index (χ4n) is 6.82. The van der Waals surface area contributed by atoms with Gasteiger partial charge in [-0.2, -0.15) is 0 Å². The van der Waals surface area contributed by atoms with Gasteiger partial charge in [0, 0.05) is 17.5 Å². The van der Waals surface area contributed by atoms with E-state index in [9.17, 15) is 9.60 Å². The number of hydrogen-bond donors (Lipinski definition) is 0. The van der Waals surface area contributed by atoms with Crippen molar-refractivity contribution in [2.24, 2.45) is 0 Å². The van der Waals surface area contributed by atoms with Crippen LogP contribution in [-0.2, 0) is 11.8 Å². The van der Waals surface area contributed by atoms with Gasteiger partial charge in [0.15, 0.2) is 0 Å². The van der Waals surface area contributed by atoms with E-state index < -0.39 is 90.0 Å². The maximum Gasteiger partial charge on any atom is 0.114 e. The van der Waals surface area contributed by atoms with Gasteiger partial charge in [-0.1, -0.05) is 130 Å². The molecule has 0 aliphatic heterocycles. The molecular formula is C44H34N2. The van der Waals surface area contributed by atoms with E-state index in [4.69, 9.17) is 16.0 Å². The van der Waals surface area contributed by atoms with Gasteiger partial charge in [0.1, 0.15) is 5.82 Å². The van der Waals surface area contributed by atoms with E-state index >= 15 is 0 Å². The lowest BCUT2D eigenvalue weighted by atomic mass is 9.80. The average Bonchev–Trinajstić information content (AvgIpc) is 3.75. The van der Waals surface area contributed by atoms with Gasteiger partial charge in [0.2, 0.25) is 0 Å². The quantitative estimate of drug-likeness (QED) is 0.182. The predicted octanol–water partition coefficient (Wildman–Crippen LogP) is 11.5. The molecule has 7 aromatic carbocycles. The fourth-order valence-corrected chi connectivity index (χ4v) is 6.82. The number of imidazole rings is 1. The van der Waals surface area contributed by atoms with Crippen molar-refractivity contribution in [1.82, 2.24) is 9.55 Å². The molecule has 46 heavy (non-hydrogen) atoms. The zero-order valence-corrected chi connectivity index (χ0v) is 25.2. The number of fused-ring (bicyclic) bond motifs is 6. The SMILES string of the molecule is [2H]c1c([2H])c([2H])c2c(c1[2H])-c1c([2H])c([2H])c(-c3c4c([2H])c([2H])c([2H])c([2H])c4c(-c4ccc(-n5c(CC)nc6ccccc65)cc4)c4c([2H])c([2H])c([2H])c([2H])c34)c([2H])c1C2(C)C. The minimum Gasteiger partial charge on any atom is -0.296 e. The van der Waals surface area contributed by atoms with E-state index in [0.717, 1.165) is 22.5 Å². The molecule has 1 heterocycles. The maximum absolute atomic E-state index is 9.86. The molecule has 1 aromatic heterocycles. The van der Waals surface area contributed by atoms with Gasteiger partial charge in [0.05, 0.1) is 31.6 Å². The summed E-state index contributed by atoms with van der Waals surface area (Å²) < 4.78 is 138. The highest BCUT2D eigenvalue weighted by molar-refractivity contribution is 6.21. The summed E-state index contributed by atoms with van der Waals surface area (Å²) in [4.78, 5) is 4.78. The van der Waals surface area contributed by atoms with Crippen LogP contribution in [0.3, 0.4) is 0 Å². The molecule has 0 fully saturated rings. The first-order valence-corrected chi connectivity index (χ1v) is 15.1. The molecule has 1 aliphatic carbocycles. The second kappa shape index (κ2) is 10.0. The van der Waals surface area contributed by atoms with Crippen LogP contribution >= 0.6 is 0 Å². The van der Waals surface area contributed by atoms with Crippen molar-refractivity contribution >= 4 is 32.6 Å². The molecule has 0 saturated heterocycles. The van der Waals surface area contributed by atoms with E-state index in [1.54, 1.807) is 38.1 Å². The van der Waals surface area contributed by atoms with E-state index in [-0.39, 0.29) is 66.5 Å². The van der Waals surface area contributed by atoms with Gasteiger partial charge in [0.25, 0.3) is 0 Å². The Hall–Kier alpha value is -5.47. The molecule has 0 saturated carbocycles. The zero-order chi connectivity index (χ0) is 44.0. The lowest BCUT2D eigenvalue weighted by Crippen LogP contribution is -2.14. The fraction of sp³-hybridized carbons (Fsp3) is 0.114. The van der Waals surface area contributed by atoms with Gasteiger partial charge in [-0.05, 0) is 96.4 Å². The minimum absolute atomic E-state index is 0.0170. The van der Waals surface area contributed by atoms with Crippen LogP contribution in [0.15, 0.2) is 139 Å². The summed E-state index contributed by atoms with van der Waals surface area (Å²) in [6.07, 6.45) is 0.618. The van der Waals surface area contributed by atoms with Gasteiger partial charge in [-0.3, -0.25) is 4.57 Å². The first-order valence-electron chi connectivity index (χ1n) is 22.6. The molecule has 0 N–H and O–H groups in total. The Morgan fingerprint density at radius 2 is 1.22 bits per heavy atom. The van der Waals surface area contributed by atoms with Gasteiger partial charge in [-0.15, -0.1) is 0 Å². The highest BCUT2D eigenvalue weighted by Gasteiger charge is 2.35. The zero-order valence-electron chi connectivity index (χ0n) is 40.2. The first-order chi connectivity index (χ1) is 28.8. The third-order valence-corrected chi connectivity index (χ3v) is 8.99. The van der Waals surface area contributed by atoms with Crippen molar-refractivity contribution in [3.63, 3.8) is 0 Å². The molecule has 2 nitrogen and oxygen atoms in total. The molecule has 0 unspecified atom stereocenters. The van der Waals surface area contributed by atoms with Crippen LogP contribution < -0.4 is 0 Å². The molecule has 220 valence electrons. The van der Waals surface area contributed by atoms with E-state index in [1.807, 2.05) is 35.8 Å². The van der Waals surface area contributed by atoms with Gasteiger partial charge < -0.3 is 0 Å². The monoisotopic (exact) mass is 605 g/mol. The molecular weight excluding hydrogens is 556 g/mol. The first kappa shape index (κ1) is 15.7. The van der Waals surface area contributed by atoms with Crippen molar-refractivity contribution in [2.45, 2.75) is 32.6 Å². The average molecular weight is 606 g/mol. The molecule has 0 amide bonds. The Bertz CT molecular complexity index is 3230. The molecule has 0 bridgehead atoms. The van der Waals surface area contributed by atoms with Crippen LogP contribution in [0.4, 0.5) is 0 Å². The summed E-state index contributed by atoms with van der Waals surface area (Å²) in [5.41, 5.74) is 1.00. The molecule has 1 aliphatic rings. The molecule has 2 heteroatoms. The summed E-state index contributed by atoms with van der Waals surface area (Å²) in [5, 5.41) is -0.700. The molecule has 8 aromatic rings. The second-order valence-corrected chi connectivity index (χ2v) is 11.9.